The van der Waals surface area contributed by atoms with Crippen molar-refractivity contribution in [3.63, 3.8) is 0 Å². The Balaban J connectivity index is 0.00000261. The highest BCUT2D eigenvalue weighted by molar-refractivity contribution is 5.85. The van der Waals surface area contributed by atoms with Gasteiger partial charge in [0, 0.05) is 19.6 Å². The lowest BCUT2D eigenvalue weighted by molar-refractivity contribution is -0.274. The number of halogens is 5. The summed E-state index contributed by atoms with van der Waals surface area (Å²) in [6.07, 6.45) is -2.87. The van der Waals surface area contributed by atoms with Crippen LogP contribution in [0.3, 0.4) is 0 Å². The number of piperidine rings is 1. The van der Waals surface area contributed by atoms with E-state index < -0.39 is 12.5 Å². The zero-order valence-electron chi connectivity index (χ0n) is 14.3. The van der Waals surface area contributed by atoms with Gasteiger partial charge in [0.25, 0.3) is 0 Å². The number of hydrogen-bond donors (Lipinski definition) is 1. The molecule has 0 aliphatic carbocycles. The third kappa shape index (κ3) is 5.46. The van der Waals surface area contributed by atoms with Gasteiger partial charge >= 0.3 is 6.36 Å². The average molecular weight is 410 g/mol. The Bertz CT molecular complexity index is 716. The first-order valence-electron chi connectivity index (χ1n) is 8.22. The maximum absolute atomic E-state index is 13.6. The van der Waals surface area contributed by atoms with Crippen molar-refractivity contribution in [2.45, 2.75) is 25.4 Å². The van der Waals surface area contributed by atoms with Gasteiger partial charge in [-0.3, -0.25) is 0 Å². The van der Waals surface area contributed by atoms with Gasteiger partial charge in [-0.25, -0.2) is 9.07 Å². The Morgan fingerprint density at radius 3 is 2.37 bits per heavy atom. The number of rotatable bonds is 5. The summed E-state index contributed by atoms with van der Waals surface area (Å²) >= 11 is 0. The molecule has 2 aromatic rings. The van der Waals surface area contributed by atoms with Gasteiger partial charge in [-0.15, -0.1) is 30.7 Å². The van der Waals surface area contributed by atoms with E-state index in [0.717, 1.165) is 0 Å². The van der Waals surface area contributed by atoms with Gasteiger partial charge in [-0.1, -0.05) is 0 Å². The van der Waals surface area contributed by atoms with Crippen molar-refractivity contribution in [3.8, 4) is 11.4 Å². The lowest BCUT2D eigenvalue weighted by atomic mass is 9.92. The summed E-state index contributed by atoms with van der Waals surface area (Å²) < 4.78 is 55.5. The van der Waals surface area contributed by atoms with E-state index in [1.807, 2.05) is 4.90 Å². The van der Waals surface area contributed by atoms with Crippen LogP contribution in [0.1, 0.15) is 12.8 Å². The predicted octanol–water partition coefficient (Wildman–Crippen LogP) is 3.10. The second-order valence-corrected chi connectivity index (χ2v) is 6.11. The smallest absolute Gasteiger partial charge is 0.406 e. The van der Waals surface area contributed by atoms with E-state index in [1.54, 1.807) is 0 Å². The molecule has 11 heteroatoms. The first-order chi connectivity index (χ1) is 12.4. The number of hydrogen-bond acceptors (Lipinski definition) is 5. The van der Waals surface area contributed by atoms with E-state index in [2.05, 4.69) is 14.8 Å². The summed E-state index contributed by atoms with van der Waals surface area (Å²) in [5.41, 5.74) is 5.93. The predicted molar refractivity (Wildman–Crippen MR) is 94.2 cm³/mol. The van der Waals surface area contributed by atoms with Crippen LogP contribution in [-0.2, 0) is 0 Å². The molecule has 1 aromatic heterocycles. The molecule has 1 atom stereocenters. The molecule has 0 amide bonds. The molecule has 1 saturated heterocycles. The van der Waals surface area contributed by atoms with Crippen LogP contribution in [0.4, 0.5) is 23.5 Å². The number of benzene rings is 1. The summed E-state index contributed by atoms with van der Waals surface area (Å²) in [5, 5.41) is 4.35. The molecule has 1 unspecified atom stereocenters. The van der Waals surface area contributed by atoms with Crippen molar-refractivity contribution in [2.24, 2.45) is 11.7 Å². The second-order valence-electron chi connectivity index (χ2n) is 6.11. The van der Waals surface area contributed by atoms with E-state index in [-0.39, 0.29) is 30.6 Å². The number of ether oxygens (including phenoxy) is 1. The van der Waals surface area contributed by atoms with Crippen molar-refractivity contribution < 1.29 is 22.3 Å². The molecule has 1 aromatic carbocycles. The molecule has 150 valence electrons. The summed E-state index contributed by atoms with van der Waals surface area (Å²) in [5.74, 6) is 0.158. The highest BCUT2D eigenvalue weighted by atomic mass is 35.5. The highest BCUT2D eigenvalue weighted by Crippen LogP contribution is 2.26. The zero-order chi connectivity index (χ0) is 18.7. The van der Waals surface area contributed by atoms with Gasteiger partial charge in [0.15, 0.2) is 0 Å². The summed E-state index contributed by atoms with van der Waals surface area (Å²) in [6, 6.07) is 5.34. The fourth-order valence-electron chi connectivity index (χ4n) is 2.98. The molecule has 27 heavy (non-hydrogen) atoms. The molecule has 1 aliphatic heterocycles. The second kappa shape index (κ2) is 8.75. The monoisotopic (exact) mass is 409 g/mol. The number of alkyl halides is 4. The van der Waals surface area contributed by atoms with Gasteiger partial charge in [0.05, 0.1) is 5.69 Å². The minimum atomic E-state index is -4.73. The van der Waals surface area contributed by atoms with E-state index >= 15 is 0 Å². The third-order valence-corrected chi connectivity index (χ3v) is 4.37. The Morgan fingerprint density at radius 2 is 1.81 bits per heavy atom. The lowest BCUT2D eigenvalue weighted by Crippen LogP contribution is -2.39. The van der Waals surface area contributed by atoms with Crippen LogP contribution < -0.4 is 15.4 Å². The Morgan fingerprint density at radius 1 is 1.19 bits per heavy atom. The van der Waals surface area contributed by atoms with E-state index in [9.17, 15) is 17.6 Å². The van der Waals surface area contributed by atoms with Crippen LogP contribution in [-0.4, -0.2) is 46.9 Å². The van der Waals surface area contributed by atoms with Crippen LogP contribution in [0.15, 0.2) is 30.6 Å². The molecule has 1 fully saturated rings. The van der Waals surface area contributed by atoms with E-state index in [1.165, 1.54) is 35.3 Å². The topological polar surface area (TPSA) is 69.2 Å². The largest absolute Gasteiger partial charge is 0.573 e. The normalized spacial score (nSPS) is 16.7. The molecule has 0 spiro atoms. The zero-order valence-corrected chi connectivity index (χ0v) is 15.1. The number of nitrogens with two attached hydrogens (primary N) is 1. The van der Waals surface area contributed by atoms with Gasteiger partial charge in [-0.05, 0) is 43.0 Å². The summed E-state index contributed by atoms with van der Waals surface area (Å²) in [7, 11) is 0. The quantitative estimate of drug-likeness (QED) is 0.768. The third-order valence-electron chi connectivity index (χ3n) is 4.37. The lowest BCUT2D eigenvalue weighted by Gasteiger charge is -2.32. The minimum Gasteiger partial charge on any atom is -0.406 e. The van der Waals surface area contributed by atoms with Crippen LogP contribution >= 0.6 is 12.4 Å². The Labute approximate surface area is 159 Å². The molecule has 2 N–H and O–H groups in total. The molecule has 3 rings (SSSR count). The maximum Gasteiger partial charge on any atom is 0.573 e. The SMILES string of the molecule is Cl.NCC(F)C1CCN(c2ncn(-c3ccc(OC(F)(F)F)cc3)n2)CC1. The van der Waals surface area contributed by atoms with E-state index in [0.29, 0.717) is 37.6 Å². The molecule has 6 nitrogen and oxygen atoms in total. The Hall–Kier alpha value is -2.07. The van der Waals surface area contributed by atoms with Crippen molar-refractivity contribution in [3.05, 3.63) is 30.6 Å². The molecule has 2 heterocycles. The molecule has 0 radical (unpaired) electrons. The fourth-order valence-corrected chi connectivity index (χ4v) is 2.98. The number of nitrogens with zero attached hydrogens (tertiary/aromatic N) is 4. The van der Waals surface area contributed by atoms with Crippen LogP contribution in [0.25, 0.3) is 5.69 Å². The molecule has 1 aliphatic rings. The first-order valence-corrected chi connectivity index (χ1v) is 8.22. The van der Waals surface area contributed by atoms with Crippen molar-refractivity contribution >= 4 is 18.4 Å². The highest BCUT2D eigenvalue weighted by Gasteiger charge is 2.31. The van der Waals surface area contributed by atoms with Gasteiger partial charge < -0.3 is 15.4 Å². The van der Waals surface area contributed by atoms with Crippen molar-refractivity contribution in [1.82, 2.24) is 14.8 Å². The molecule has 0 saturated carbocycles. The molecular formula is C16H20ClF4N5O. The van der Waals surface area contributed by atoms with Crippen LogP contribution in [0.2, 0.25) is 0 Å². The first kappa shape index (κ1) is 21.2. The van der Waals surface area contributed by atoms with E-state index in [4.69, 9.17) is 5.73 Å². The summed E-state index contributed by atoms with van der Waals surface area (Å²) in [6.45, 7) is 1.30. The fraction of sp³-hybridized carbons (Fsp3) is 0.500. The van der Waals surface area contributed by atoms with Gasteiger partial charge in [0.1, 0.15) is 18.2 Å². The van der Waals surface area contributed by atoms with Crippen LogP contribution in [0.5, 0.6) is 5.75 Å². The average Bonchev–Trinajstić information content (AvgIpc) is 3.10. The molecule has 0 bridgehead atoms. The van der Waals surface area contributed by atoms with Crippen molar-refractivity contribution in [2.75, 3.05) is 24.5 Å². The van der Waals surface area contributed by atoms with Crippen molar-refractivity contribution in [1.29, 1.82) is 0 Å². The summed E-state index contributed by atoms with van der Waals surface area (Å²) in [4.78, 5) is 6.19. The van der Waals surface area contributed by atoms with Gasteiger partial charge in [-0.2, -0.15) is 4.98 Å². The number of aromatic nitrogens is 3. The van der Waals surface area contributed by atoms with Gasteiger partial charge in [0.2, 0.25) is 5.95 Å². The Kier molecular flexibility index (Phi) is 6.88. The maximum atomic E-state index is 13.6. The van der Waals surface area contributed by atoms with Crippen LogP contribution in [0, 0.1) is 5.92 Å². The standard InChI is InChI=1S/C16H19F4N5O.ClH/c17-14(9-21)11-5-7-24(8-6-11)15-22-10-25(23-15)12-1-3-13(4-2-12)26-16(18,19)20;/h1-4,10-11,14H,5-9,21H2;1H. The number of anilines is 1. The molecular weight excluding hydrogens is 390 g/mol. The minimum absolute atomic E-state index is 0.